The molecule has 0 bridgehead atoms. The van der Waals surface area contributed by atoms with Crippen molar-refractivity contribution in [3.05, 3.63) is 52.5 Å². The van der Waals surface area contributed by atoms with E-state index in [9.17, 15) is 13.2 Å². The quantitative estimate of drug-likeness (QED) is 0.628. The lowest BCUT2D eigenvalue weighted by molar-refractivity contribution is -0.133. The number of benzene rings is 2. The van der Waals surface area contributed by atoms with Crippen LogP contribution in [0.25, 0.3) is 0 Å². The van der Waals surface area contributed by atoms with Crippen LogP contribution < -0.4 is 14.4 Å². The summed E-state index contributed by atoms with van der Waals surface area (Å²) in [6.45, 7) is 8.68. The number of carbonyl (C=O) groups is 1. The van der Waals surface area contributed by atoms with Crippen molar-refractivity contribution in [3.63, 3.8) is 0 Å². The van der Waals surface area contributed by atoms with Crippen LogP contribution in [0.5, 0.6) is 5.75 Å². The molecule has 32 heavy (non-hydrogen) atoms. The summed E-state index contributed by atoms with van der Waals surface area (Å²) in [5.74, 6) is 0.411. The molecule has 0 unspecified atom stereocenters. The maximum atomic E-state index is 12.6. The van der Waals surface area contributed by atoms with Gasteiger partial charge in [-0.1, -0.05) is 24.6 Å². The van der Waals surface area contributed by atoms with Crippen LogP contribution in [0.1, 0.15) is 24.5 Å². The summed E-state index contributed by atoms with van der Waals surface area (Å²) in [6.07, 6.45) is 0.717. The molecule has 3 rings (SSSR count). The van der Waals surface area contributed by atoms with Gasteiger partial charge in [0.05, 0.1) is 4.90 Å². The molecule has 0 spiro atoms. The third kappa shape index (κ3) is 5.94. The number of anilines is 1. The van der Waals surface area contributed by atoms with Gasteiger partial charge in [-0.25, -0.2) is 13.1 Å². The van der Waals surface area contributed by atoms with E-state index in [2.05, 4.69) is 16.5 Å². The van der Waals surface area contributed by atoms with Gasteiger partial charge in [-0.3, -0.25) is 4.79 Å². The zero-order valence-electron chi connectivity index (χ0n) is 18.7. The molecule has 7 nitrogen and oxygen atoms in total. The second-order valence-electron chi connectivity index (χ2n) is 7.91. The van der Waals surface area contributed by atoms with Gasteiger partial charge >= 0.3 is 0 Å². The van der Waals surface area contributed by atoms with Crippen LogP contribution in [0.2, 0.25) is 5.02 Å². The zero-order valence-corrected chi connectivity index (χ0v) is 20.3. The van der Waals surface area contributed by atoms with Crippen LogP contribution in [-0.4, -0.2) is 58.6 Å². The zero-order chi connectivity index (χ0) is 23.3. The van der Waals surface area contributed by atoms with Crippen molar-refractivity contribution < 1.29 is 17.9 Å². The average molecular weight is 480 g/mol. The van der Waals surface area contributed by atoms with Crippen LogP contribution >= 0.6 is 11.6 Å². The number of carbonyl (C=O) groups excluding carboxylic acids is 1. The number of aryl methyl sites for hydroxylation is 2. The van der Waals surface area contributed by atoms with Crippen molar-refractivity contribution in [1.29, 1.82) is 0 Å². The Morgan fingerprint density at radius 2 is 1.78 bits per heavy atom. The topological polar surface area (TPSA) is 78.9 Å². The number of hydrogen-bond acceptors (Lipinski definition) is 5. The van der Waals surface area contributed by atoms with Crippen molar-refractivity contribution in [2.75, 3.05) is 44.2 Å². The van der Waals surface area contributed by atoms with E-state index in [0.717, 1.165) is 24.3 Å². The molecule has 2 aromatic carbocycles. The van der Waals surface area contributed by atoms with Crippen molar-refractivity contribution >= 4 is 33.2 Å². The molecule has 0 aromatic heterocycles. The Hall–Kier alpha value is -2.29. The molecule has 9 heteroatoms. The fourth-order valence-corrected chi connectivity index (χ4v) is 5.01. The van der Waals surface area contributed by atoms with Gasteiger partial charge in [-0.2, -0.15) is 0 Å². The van der Waals surface area contributed by atoms with E-state index in [1.807, 2.05) is 25.1 Å². The minimum atomic E-state index is -3.54. The van der Waals surface area contributed by atoms with Crippen LogP contribution in [0, 0.1) is 13.8 Å². The van der Waals surface area contributed by atoms with Gasteiger partial charge < -0.3 is 14.5 Å². The van der Waals surface area contributed by atoms with Crippen molar-refractivity contribution in [2.24, 2.45) is 0 Å². The van der Waals surface area contributed by atoms with Crippen molar-refractivity contribution in [3.8, 4) is 5.75 Å². The molecule has 2 aromatic rings. The minimum Gasteiger partial charge on any atom is -0.483 e. The molecule has 1 aliphatic heterocycles. The molecule has 1 amide bonds. The van der Waals surface area contributed by atoms with E-state index < -0.39 is 10.0 Å². The Morgan fingerprint density at radius 3 is 2.44 bits per heavy atom. The number of rotatable bonds is 8. The lowest BCUT2D eigenvalue weighted by atomic mass is 10.1. The van der Waals surface area contributed by atoms with E-state index >= 15 is 0 Å². The fraction of sp³-hybridized carbons (Fsp3) is 0.435. The van der Waals surface area contributed by atoms with Gasteiger partial charge in [0.15, 0.2) is 6.61 Å². The molecule has 0 saturated carbocycles. The Bertz CT molecular complexity index is 1070. The molecular weight excluding hydrogens is 450 g/mol. The number of ether oxygens (including phenoxy) is 1. The lowest BCUT2D eigenvalue weighted by Gasteiger charge is -2.36. The molecule has 1 saturated heterocycles. The highest BCUT2D eigenvalue weighted by molar-refractivity contribution is 7.89. The summed E-state index contributed by atoms with van der Waals surface area (Å²) in [5, 5.41) is 0.702. The fourth-order valence-electron chi connectivity index (χ4n) is 3.62. The molecule has 1 N–H and O–H groups in total. The van der Waals surface area contributed by atoms with E-state index in [-0.39, 0.29) is 17.4 Å². The number of nitrogens with one attached hydrogen (secondary N) is 1. The second kappa shape index (κ2) is 10.6. The van der Waals surface area contributed by atoms with Gasteiger partial charge in [-0.15, -0.1) is 0 Å². The minimum absolute atomic E-state index is 0.0861. The number of nitrogens with zero attached hydrogens (tertiary/aromatic N) is 2. The highest BCUT2D eigenvalue weighted by Gasteiger charge is 2.23. The maximum Gasteiger partial charge on any atom is 0.260 e. The summed E-state index contributed by atoms with van der Waals surface area (Å²) in [6, 6.07) is 10.5. The molecular formula is C23H30ClN3O4S. The summed E-state index contributed by atoms with van der Waals surface area (Å²) >= 11 is 6.14. The van der Waals surface area contributed by atoms with Crippen LogP contribution in [0.15, 0.2) is 41.3 Å². The monoisotopic (exact) mass is 479 g/mol. The summed E-state index contributed by atoms with van der Waals surface area (Å²) < 4.78 is 32.8. The van der Waals surface area contributed by atoms with E-state index in [0.29, 0.717) is 42.4 Å². The lowest BCUT2D eigenvalue weighted by Crippen LogP contribution is -2.50. The van der Waals surface area contributed by atoms with Gasteiger partial charge in [0, 0.05) is 43.4 Å². The summed E-state index contributed by atoms with van der Waals surface area (Å²) in [7, 11) is -3.54. The third-order valence-electron chi connectivity index (χ3n) is 5.49. The summed E-state index contributed by atoms with van der Waals surface area (Å²) in [4.78, 5) is 16.9. The highest BCUT2D eigenvalue weighted by atomic mass is 35.5. The van der Waals surface area contributed by atoms with Crippen LogP contribution in [0.3, 0.4) is 0 Å². The predicted molar refractivity (Wildman–Crippen MR) is 127 cm³/mol. The number of hydrogen-bond donors (Lipinski definition) is 1. The first-order chi connectivity index (χ1) is 15.2. The number of sulfonamides is 1. The molecule has 0 aliphatic carbocycles. The summed E-state index contributed by atoms with van der Waals surface area (Å²) in [5.41, 5.74) is 2.92. The Labute approximate surface area is 195 Å². The first-order valence-corrected chi connectivity index (χ1v) is 12.6. The Balaban J connectivity index is 1.54. The predicted octanol–water partition coefficient (Wildman–Crippen LogP) is 3.37. The van der Waals surface area contributed by atoms with Crippen molar-refractivity contribution in [1.82, 2.24) is 9.62 Å². The van der Waals surface area contributed by atoms with Gasteiger partial charge in [0.25, 0.3) is 5.91 Å². The van der Waals surface area contributed by atoms with Crippen molar-refractivity contribution in [2.45, 2.75) is 32.1 Å². The maximum absolute atomic E-state index is 12.6. The van der Waals surface area contributed by atoms with Gasteiger partial charge in [0.1, 0.15) is 5.75 Å². The Kier molecular flexibility index (Phi) is 8.03. The smallest absolute Gasteiger partial charge is 0.260 e. The first-order valence-electron chi connectivity index (χ1n) is 10.7. The average Bonchev–Trinajstić information content (AvgIpc) is 2.78. The number of piperazine rings is 1. The first kappa shape index (κ1) is 24.4. The number of halogens is 1. The van der Waals surface area contributed by atoms with E-state index in [1.54, 1.807) is 24.0 Å². The largest absolute Gasteiger partial charge is 0.483 e. The SMILES string of the molecule is CCCNS(=O)(=O)c1ccc(OCC(=O)N2CCN(c3cc(Cl)ccc3C)CC2)c(C)c1. The molecule has 1 aliphatic rings. The molecule has 0 atom stereocenters. The highest BCUT2D eigenvalue weighted by Crippen LogP contribution is 2.26. The standard InChI is InChI=1S/C23H30ClN3O4S/c1-4-9-25-32(29,30)20-7-8-22(18(3)14-20)31-16-23(28)27-12-10-26(11-13-27)21-15-19(24)6-5-17(21)2/h5-8,14-15,25H,4,9-13,16H2,1-3H3. The molecule has 1 heterocycles. The van der Waals surface area contributed by atoms with Gasteiger partial charge in [0.2, 0.25) is 10.0 Å². The molecule has 0 radical (unpaired) electrons. The van der Waals surface area contributed by atoms with Crippen LogP contribution in [0.4, 0.5) is 5.69 Å². The third-order valence-corrected chi connectivity index (χ3v) is 7.19. The molecule has 174 valence electrons. The van der Waals surface area contributed by atoms with E-state index in [4.69, 9.17) is 16.3 Å². The number of amides is 1. The van der Waals surface area contributed by atoms with Crippen LogP contribution in [-0.2, 0) is 14.8 Å². The molecule has 1 fully saturated rings. The second-order valence-corrected chi connectivity index (χ2v) is 10.1. The van der Waals surface area contributed by atoms with E-state index in [1.165, 1.54) is 6.07 Å². The Morgan fingerprint density at radius 1 is 1.06 bits per heavy atom. The van der Waals surface area contributed by atoms with Gasteiger partial charge in [-0.05, 0) is 61.7 Å². The normalized spacial score (nSPS) is 14.5.